The Kier molecular flexibility index (Phi) is 16.0. The van der Waals surface area contributed by atoms with Crippen molar-refractivity contribution in [3.05, 3.63) is 84.1 Å². The fourth-order valence-corrected chi connectivity index (χ4v) is 8.12. The van der Waals surface area contributed by atoms with Crippen LogP contribution in [-0.4, -0.2) is 124 Å². The molecule has 6 rings (SSSR count). The van der Waals surface area contributed by atoms with Crippen LogP contribution in [0.25, 0.3) is 0 Å². The van der Waals surface area contributed by atoms with Crippen LogP contribution in [0.3, 0.4) is 0 Å². The Morgan fingerprint density at radius 2 is 1.37 bits per heavy atom. The molecular formula is C45H64F4N8O2. The molecular weight excluding hydrogens is 761 g/mol. The van der Waals surface area contributed by atoms with Crippen LogP contribution in [0.5, 0.6) is 0 Å². The molecule has 2 amide bonds. The van der Waals surface area contributed by atoms with E-state index < -0.39 is 17.7 Å². The number of benzene rings is 1. The maximum Gasteiger partial charge on any atom is 0.435 e. The second-order valence-corrected chi connectivity index (χ2v) is 17.1. The summed E-state index contributed by atoms with van der Waals surface area (Å²) >= 11 is 0. The van der Waals surface area contributed by atoms with Gasteiger partial charge >= 0.3 is 6.18 Å². The molecule has 3 aliphatic rings. The molecule has 1 aliphatic carbocycles. The molecule has 0 atom stereocenters. The lowest BCUT2D eigenvalue weighted by Crippen LogP contribution is -2.59. The number of anilines is 2. The Morgan fingerprint density at radius 1 is 0.780 bits per heavy atom. The molecule has 3 aromatic rings. The number of hydrogen-bond acceptors (Lipinski definition) is 8. The molecule has 0 N–H and O–H groups in total. The molecule has 2 aromatic heterocycles. The maximum atomic E-state index is 14.3. The summed E-state index contributed by atoms with van der Waals surface area (Å²) in [6.45, 7) is 22.5. The van der Waals surface area contributed by atoms with Crippen molar-refractivity contribution in [2.75, 3.05) is 81.8 Å². The van der Waals surface area contributed by atoms with Crippen molar-refractivity contribution in [1.82, 2.24) is 29.6 Å². The van der Waals surface area contributed by atoms with Gasteiger partial charge in [0.1, 0.15) is 0 Å². The molecule has 1 saturated carbocycles. The van der Waals surface area contributed by atoms with Crippen molar-refractivity contribution in [3.63, 3.8) is 0 Å². The number of amides is 2. The monoisotopic (exact) mass is 825 g/mol. The van der Waals surface area contributed by atoms with E-state index in [1.807, 2.05) is 18.2 Å². The number of nitrogens with zero attached hydrogens (tertiary/aromatic N) is 8. The van der Waals surface area contributed by atoms with E-state index in [0.29, 0.717) is 13.0 Å². The first-order valence-electron chi connectivity index (χ1n) is 21.3. The van der Waals surface area contributed by atoms with Gasteiger partial charge in [-0.25, -0.2) is 14.4 Å². The van der Waals surface area contributed by atoms with E-state index in [1.54, 1.807) is 19.9 Å². The summed E-state index contributed by atoms with van der Waals surface area (Å²) in [5, 5.41) is 0. The molecule has 10 nitrogen and oxygen atoms in total. The molecule has 14 heteroatoms. The minimum Gasteiger partial charge on any atom is -0.308 e. The van der Waals surface area contributed by atoms with Crippen molar-refractivity contribution >= 4 is 23.3 Å². The van der Waals surface area contributed by atoms with Crippen molar-refractivity contribution in [2.24, 2.45) is 5.92 Å². The molecule has 0 unspecified atom stereocenters. The highest BCUT2D eigenvalue weighted by Gasteiger charge is 2.51. The van der Waals surface area contributed by atoms with Crippen LogP contribution in [0.2, 0.25) is 0 Å². The maximum absolute atomic E-state index is 14.3. The molecule has 2 saturated heterocycles. The molecule has 4 heterocycles. The van der Waals surface area contributed by atoms with E-state index in [-0.39, 0.29) is 47.4 Å². The number of aromatic nitrogens is 2. The summed E-state index contributed by atoms with van der Waals surface area (Å²) < 4.78 is 55.0. The van der Waals surface area contributed by atoms with Gasteiger partial charge in [-0.2, -0.15) is 13.2 Å². The minimum absolute atomic E-state index is 0.101. The van der Waals surface area contributed by atoms with E-state index in [4.69, 9.17) is 0 Å². The van der Waals surface area contributed by atoms with Gasteiger partial charge in [0, 0.05) is 108 Å². The smallest absolute Gasteiger partial charge is 0.308 e. The largest absolute Gasteiger partial charge is 0.435 e. The summed E-state index contributed by atoms with van der Waals surface area (Å²) in [4.78, 5) is 45.5. The second-order valence-electron chi connectivity index (χ2n) is 17.1. The van der Waals surface area contributed by atoms with E-state index >= 15 is 0 Å². The lowest BCUT2D eigenvalue weighted by Gasteiger charge is -2.46. The first-order chi connectivity index (χ1) is 28.1. The second kappa shape index (κ2) is 20.5. The average molecular weight is 825 g/mol. The van der Waals surface area contributed by atoms with Gasteiger partial charge in [-0.15, -0.1) is 0 Å². The van der Waals surface area contributed by atoms with Crippen LogP contribution in [0.1, 0.15) is 84.9 Å². The summed E-state index contributed by atoms with van der Waals surface area (Å²) in [5.74, 6) is -0.00307. The topological polar surface area (TPSA) is 79.4 Å². The van der Waals surface area contributed by atoms with Crippen LogP contribution in [-0.2, 0) is 22.3 Å². The zero-order valence-electron chi connectivity index (χ0n) is 35.9. The van der Waals surface area contributed by atoms with Crippen LogP contribution < -0.4 is 9.80 Å². The minimum atomic E-state index is -4.61. The number of pyridine rings is 2. The number of carbonyl (C=O) groups excluding carboxylic acids is 2. The third-order valence-corrected chi connectivity index (χ3v) is 11.9. The van der Waals surface area contributed by atoms with Gasteiger partial charge in [0.05, 0.1) is 5.69 Å². The molecule has 3 fully saturated rings. The van der Waals surface area contributed by atoms with E-state index in [2.05, 4.69) is 69.4 Å². The molecule has 0 radical (unpaired) electrons. The van der Waals surface area contributed by atoms with Gasteiger partial charge in [-0.3, -0.25) is 29.2 Å². The quantitative estimate of drug-likeness (QED) is 0.145. The van der Waals surface area contributed by atoms with Crippen LogP contribution in [0, 0.1) is 11.7 Å². The molecule has 1 aromatic carbocycles. The zero-order chi connectivity index (χ0) is 42.8. The first kappa shape index (κ1) is 46.1. The third kappa shape index (κ3) is 12.5. The molecule has 59 heavy (non-hydrogen) atoms. The number of piperazine rings is 2. The van der Waals surface area contributed by atoms with E-state index in [1.165, 1.54) is 46.2 Å². The van der Waals surface area contributed by atoms with Crippen molar-refractivity contribution in [3.8, 4) is 0 Å². The van der Waals surface area contributed by atoms with E-state index in [0.717, 1.165) is 90.4 Å². The Labute approximate surface area is 348 Å². The number of halogens is 4. The van der Waals surface area contributed by atoms with Crippen LogP contribution >= 0.6 is 0 Å². The lowest BCUT2D eigenvalue weighted by atomic mass is 10.00. The Hall–Kier alpha value is -3.98. The van der Waals surface area contributed by atoms with E-state index in [9.17, 15) is 27.2 Å². The van der Waals surface area contributed by atoms with Gasteiger partial charge in [0.15, 0.2) is 17.3 Å². The molecule has 324 valence electrons. The van der Waals surface area contributed by atoms with Gasteiger partial charge in [0.2, 0.25) is 11.8 Å². The molecule has 2 aliphatic heterocycles. The SMILES string of the molecule is CCC(=O)N(CC(C)(C)N1CCN(CCC(C)C)CC1)c1ncccc1F.CCC(=O)N(CC1(N2CCN(Cc3ccccc3)CC2)CC1)c1cccnc1C(F)(F)F. The highest BCUT2D eigenvalue weighted by molar-refractivity contribution is 5.94. The number of rotatable bonds is 15. The first-order valence-corrected chi connectivity index (χ1v) is 21.3. The highest BCUT2D eigenvalue weighted by Crippen LogP contribution is 2.45. The highest BCUT2D eigenvalue weighted by atomic mass is 19.4. The average Bonchev–Trinajstić information content (AvgIpc) is 4.02. The standard InChI is InChI=1S/C24H29F3N4O.C21H35FN4O/c1-2-21(32)31(20-9-6-12-28-22(20)24(25,26)27)18-23(10-11-23)30-15-13-29(14-16-30)17-19-7-4-3-5-8-19;1-6-19(27)26(20-18(22)8-7-10-23-20)16-21(4,5)25-14-12-24(13-15-25)11-9-17(2)3/h3-9,12H,2,10-11,13-18H2,1H3;7-8,10,17H,6,9,11-16H2,1-5H3. The molecule has 0 spiro atoms. The van der Waals surface area contributed by atoms with Crippen LogP contribution in [0.4, 0.5) is 29.1 Å². The fraction of sp³-hybridized carbons (Fsp3) is 0.600. The lowest BCUT2D eigenvalue weighted by molar-refractivity contribution is -0.140. The van der Waals surface area contributed by atoms with Crippen molar-refractivity contribution in [2.45, 2.75) is 97.4 Å². The van der Waals surface area contributed by atoms with Crippen molar-refractivity contribution < 1.29 is 27.2 Å². The number of alkyl halides is 3. The zero-order valence-corrected chi connectivity index (χ0v) is 35.9. The predicted octanol–water partition coefficient (Wildman–Crippen LogP) is 7.60. The van der Waals surface area contributed by atoms with Gasteiger partial charge in [-0.05, 0) is 75.4 Å². The fourth-order valence-electron chi connectivity index (χ4n) is 8.12. The Morgan fingerprint density at radius 3 is 1.95 bits per heavy atom. The normalized spacial score (nSPS) is 17.9. The Balaban J connectivity index is 0.000000228. The Bertz CT molecular complexity index is 1790. The van der Waals surface area contributed by atoms with Gasteiger partial charge in [-0.1, -0.05) is 58.0 Å². The summed E-state index contributed by atoms with van der Waals surface area (Å²) in [6.07, 6.45) is 1.53. The summed E-state index contributed by atoms with van der Waals surface area (Å²) in [7, 11) is 0. The van der Waals surface area contributed by atoms with Crippen molar-refractivity contribution in [1.29, 1.82) is 0 Å². The summed E-state index contributed by atoms with van der Waals surface area (Å²) in [5.41, 5.74) is -0.356. The number of carbonyl (C=O) groups is 2. The third-order valence-electron chi connectivity index (χ3n) is 11.9. The van der Waals surface area contributed by atoms with Crippen LogP contribution in [0.15, 0.2) is 67.0 Å². The molecule has 0 bridgehead atoms. The number of hydrogen-bond donors (Lipinski definition) is 0. The van der Waals surface area contributed by atoms with Gasteiger partial charge < -0.3 is 9.80 Å². The summed E-state index contributed by atoms with van der Waals surface area (Å²) in [6, 6.07) is 16.1. The predicted molar refractivity (Wildman–Crippen MR) is 226 cm³/mol. The van der Waals surface area contributed by atoms with Gasteiger partial charge in [0.25, 0.3) is 0 Å².